The number of fused-ring (bicyclic) bond motifs is 4. The number of nitrogens with zero attached hydrogens (tertiary/aromatic N) is 6. The van der Waals surface area contributed by atoms with E-state index in [1.54, 1.807) is 9.36 Å². The van der Waals surface area contributed by atoms with E-state index in [0.29, 0.717) is 25.6 Å². The minimum atomic E-state index is -0.0994. The molecule has 6 rings (SSSR count). The molecule has 210 valence electrons. The van der Waals surface area contributed by atoms with Gasteiger partial charge in [-0.2, -0.15) is 15.3 Å². The number of ether oxygens (including phenoxy) is 3. The van der Waals surface area contributed by atoms with E-state index in [9.17, 15) is 4.79 Å². The molecule has 0 radical (unpaired) electrons. The van der Waals surface area contributed by atoms with E-state index in [0.717, 1.165) is 70.5 Å². The summed E-state index contributed by atoms with van der Waals surface area (Å²) in [5.74, 6) is 0.584. The number of rotatable bonds is 4. The van der Waals surface area contributed by atoms with E-state index in [1.807, 2.05) is 43.9 Å². The van der Waals surface area contributed by atoms with Crippen LogP contribution in [0.5, 0.6) is 5.88 Å². The van der Waals surface area contributed by atoms with Crippen molar-refractivity contribution in [1.82, 2.24) is 34.7 Å². The van der Waals surface area contributed by atoms with Crippen molar-refractivity contribution in [3.8, 4) is 17.0 Å². The van der Waals surface area contributed by atoms with Crippen LogP contribution in [0, 0.1) is 6.92 Å². The SMILES string of the molecule is CCNC(=O)Cn1nc(C)c2c1COCCOc1c(cnn1C)-c1ccc3c(c1)c(nn3C1CCCCO1)/C=C\2. The Hall–Kier alpha value is -3.96. The van der Waals surface area contributed by atoms with Crippen LogP contribution in [0.2, 0.25) is 0 Å². The third kappa shape index (κ3) is 5.02. The number of hydrogen-bond acceptors (Lipinski definition) is 7. The van der Waals surface area contributed by atoms with E-state index in [-0.39, 0.29) is 25.3 Å². The van der Waals surface area contributed by atoms with Gasteiger partial charge in [0, 0.05) is 31.1 Å². The Morgan fingerprint density at radius 1 is 1.15 bits per heavy atom. The summed E-state index contributed by atoms with van der Waals surface area (Å²) in [6, 6.07) is 6.34. The molecule has 2 aliphatic heterocycles. The fraction of sp³-hybridized carbons (Fsp3) is 0.448. The van der Waals surface area contributed by atoms with Crippen LogP contribution in [0.15, 0.2) is 24.4 Å². The van der Waals surface area contributed by atoms with Gasteiger partial charge in [0.25, 0.3) is 0 Å². The largest absolute Gasteiger partial charge is 0.475 e. The molecule has 1 amide bonds. The molecule has 1 unspecified atom stereocenters. The molecular weight excluding hydrogens is 510 g/mol. The Bertz CT molecular complexity index is 1560. The molecule has 0 saturated carbocycles. The number of hydrogen-bond donors (Lipinski definition) is 1. The second kappa shape index (κ2) is 11.3. The van der Waals surface area contributed by atoms with Crippen molar-refractivity contribution in [2.45, 2.75) is 52.5 Å². The first-order valence-electron chi connectivity index (χ1n) is 13.9. The van der Waals surface area contributed by atoms with Gasteiger partial charge in [-0.3, -0.25) is 9.48 Å². The summed E-state index contributed by atoms with van der Waals surface area (Å²) in [7, 11) is 1.87. The molecule has 1 saturated heterocycles. The molecule has 1 atom stereocenters. The van der Waals surface area contributed by atoms with Gasteiger partial charge in [0.1, 0.15) is 13.2 Å². The lowest BCUT2D eigenvalue weighted by Gasteiger charge is -2.23. The van der Waals surface area contributed by atoms with E-state index < -0.39 is 0 Å². The fourth-order valence-corrected chi connectivity index (χ4v) is 5.45. The van der Waals surface area contributed by atoms with Crippen molar-refractivity contribution < 1.29 is 19.0 Å². The van der Waals surface area contributed by atoms with Crippen LogP contribution in [0.25, 0.3) is 34.2 Å². The van der Waals surface area contributed by atoms with Gasteiger partial charge in [0.15, 0.2) is 6.23 Å². The summed E-state index contributed by atoms with van der Waals surface area (Å²) in [6.07, 6.45) is 8.89. The molecule has 1 N–H and O–H groups in total. The van der Waals surface area contributed by atoms with Crippen molar-refractivity contribution in [1.29, 1.82) is 0 Å². The molecule has 1 fully saturated rings. The zero-order chi connectivity index (χ0) is 27.6. The summed E-state index contributed by atoms with van der Waals surface area (Å²) < 4.78 is 23.8. The number of carbonyl (C=O) groups is 1. The molecule has 0 aliphatic carbocycles. The maximum atomic E-state index is 12.4. The van der Waals surface area contributed by atoms with Gasteiger partial charge in [-0.15, -0.1) is 0 Å². The highest BCUT2D eigenvalue weighted by Crippen LogP contribution is 2.35. The van der Waals surface area contributed by atoms with Crippen LogP contribution in [0.3, 0.4) is 0 Å². The van der Waals surface area contributed by atoms with Crippen LogP contribution in [0.1, 0.15) is 55.1 Å². The smallest absolute Gasteiger partial charge is 0.241 e. The lowest BCUT2D eigenvalue weighted by atomic mass is 10.0. The van der Waals surface area contributed by atoms with E-state index in [2.05, 4.69) is 33.7 Å². The highest BCUT2D eigenvalue weighted by molar-refractivity contribution is 5.93. The van der Waals surface area contributed by atoms with Gasteiger partial charge in [-0.05, 0) is 63.0 Å². The summed E-state index contributed by atoms with van der Waals surface area (Å²) in [6.45, 7) is 6.27. The van der Waals surface area contributed by atoms with Crippen molar-refractivity contribution in [2.24, 2.45) is 7.05 Å². The van der Waals surface area contributed by atoms with Crippen LogP contribution in [0.4, 0.5) is 0 Å². The second-order valence-electron chi connectivity index (χ2n) is 10.2. The van der Waals surface area contributed by atoms with E-state index in [4.69, 9.17) is 19.3 Å². The zero-order valence-electron chi connectivity index (χ0n) is 23.2. The molecule has 4 aromatic rings. The summed E-state index contributed by atoms with van der Waals surface area (Å²) >= 11 is 0. The minimum Gasteiger partial charge on any atom is -0.475 e. The van der Waals surface area contributed by atoms with Gasteiger partial charge in [0.2, 0.25) is 11.8 Å². The van der Waals surface area contributed by atoms with Gasteiger partial charge in [0.05, 0.1) is 47.6 Å². The van der Waals surface area contributed by atoms with Crippen molar-refractivity contribution >= 4 is 29.0 Å². The first kappa shape index (κ1) is 26.3. The summed E-state index contributed by atoms with van der Waals surface area (Å²) in [5, 5.41) is 18.0. The number of benzene rings is 1. The Morgan fingerprint density at radius 2 is 2.05 bits per heavy atom. The molecule has 40 heavy (non-hydrogen) atoms. The number of carbonyl (C=O) groups excluding carboxylic acids is 1. The Morgan fingerprint density at radius 3 is 2.88 bits per heavy atom. The predicted molar refractivity (Wildman–Crippen MR) is 151 cm³/mol. The third-order valence-electron chi connectivity index (χ3n) is 7.42. The minimum absolute atomic E-state index is 0.0931. The summed E-state index contributed by atoms with van der Waals surface area (Å²) in [5.41, 5.74) is 6.31. The quantitative estimate of drug-likeness (QED) is 0.415. The highest BCUT2D eigenvalue weighted by atomic mass is 16.5. The lowest BCUT2D eigenvalue weighted by Crippen LogP contribution is -2.28. The standard InChI is InChI=1S/C29H35N7O4/c1-4-30-27(37)17-35-26-18-38-13-14-40-29-23(16-31-34(29)3)20-8-11-25-22(15-20)24(10-9-21(26)19(2)32-35)33-36(25)28-7-5-6-12-39-28/h8-11,15-16,28H,4-7,12-14,17-18H2,1-3H3,(H,30,37)/b10-9-. The van der Waals surface area contributed by atoms with Crippen LogP contribution in [-0.4, -0.2) is 61.6 Å². The maximum absolute atomic E-state index is 12.4. The number of aromatic nitrogens is 6. The Balaban J connectivity index is 1.48. The zero-order valence-corrected chi connectivity index (χ0v) is 23.2. The Kier molecular flexibility index (Phi) is 7.40. The summed E-state index contributed by atoms with van der Waals surface area (Å²) in [4.78, 5) is 12.4. The Labute approximate surface area is 232 Å². The first-order valence-corrected chi connectivity index (χ1v) is 13.9. The van der Waals surface area contributed by atoms with E-state index in [1.165, 1.54) is 0 Å². The molecule has 3 aromatic heterocycles. The van der Waals surface area contributed by atoms with Crippen molar-refractivity contribution in [2.75, 3.05) is 26.4 Å². The maximum Gasteiger partial charge on any atom is 0.241 e. The normalized spacial score (nSPS) is 18.4. The molecule has 0 spiro atoms. The molecular formula is C29H35N7O4. The number of aryl methyl sites for hydroxylation is 2. The second-order valence-corrected chi connectivity index (χ2v) is 10.2. The molecule has 11 heteroatoms. The topological polar surface area (TPSA) is 110 Å². The van der Waals surface area contributed by atoms with Gasteiger partial charge in [-0.25, -0.2) is 9.36 Å². The average Bonchev–Trinajstić information content (AvgIpc) is 3.60. The molecule has 11 nitrogen and oxygen atoms in total. The monoisotopic (exact) mass is 545 g/mol. The molecule has 2 bridgehead atoms. The average molecular weight is 546 g/mol. The van der Waals surface area contributed by atoms with Crippen molar-refractivity contribution in [3.05, 3.63) is 47.0 Å². The van der Waals surface area contributed by atoms with E-state index >= 15 is 0 Å². The van der Waals surface area contributed by atoms with Crippen LogP contribution in [-0.2, 0) is 34.5 Å². The van der Waals surface area contributed by atoms with Crippen LogP contribution < -0.4 is 10.1 Å². The van der Waals surface area contributed by atoms with Gasteiger partial charge in [-0.1, -0.05) is 6.07 Å². The number of nitrogens with one attached hydrogen (secondary N) is 1. The predicted octanol–water partition coefficient (Wildman–Crippen LogP) is 3.86. The molecule has 2 aliphatic rings. The highest BCUT2D eigenvalue weighted by Gasteiger charge is 2.23. The molecule has 5 heterocycles. The van der Waals surface area contributed by atoms with Gasteiger partial charge >= 0.3 is 0 Å². The fourth-order valence-electron chi connectivity index (χ4n) is 5.45. The lowest BCUT2D eigenvalue weighted by molar-refractivity contribution is -0.121. The first-order chi connectivity index (χ1) is 19.5. The molecule has 1 aromatic carbocycles. The number of amides is 1. The van der Waals surface area contributed by atoms with Crippen LogP contribution >= 0.6 is 0 Å². The van der Waals surface area contributed by atoms with Crippen molar-refractivity contribution in [3.63, 3.8) is 0 Å². The van der Waals surface area contributed by atoms with Gasteiger partial charge < -0.3 is 19.5 Å². The third-order valence-corrected chi connectivity index (χ3v) is 7.42. The number of likely N-dealkylation sites (N-methyl/N-ethyl adjacent to an activating group) is 1.